The van der Waals surface area contributed by atoms with Gasteiger partial charge in [-0.15, -0.1) is 0 Å². The number of nitrogens with two attached hydrogens (primary N) is 1. The number of carbonyl (C=O) groups excluding carboxylic acids is 1. The first-order valence-electron chi connectivity index (χ1n) is 5.65. The van der Waals surface area contributed by atoms with E-state index in [1.165, 1.54) is 6.20 Å². The maximum atomic E-state index is 12.1. The second kappa shape index (κ2) is 5.52. The molecule has 1 aromatic rings. The number of nitrogens with one attached hydrogen (secondary N) is 1. The molecule has 0 bridgehead atoms. The zero-order chi connectivity index (χ0) is 13.9. The van der Waals surface area contributed by atoms with Crippen molar-refractivity contribution in [2.24, 2.45) is 23.9 Å². The summed E-state index contributed by atoms with van der Waals surface area (Å²) < 4.78 is 1.61. The highest BCUT2D eigenvalue weighted by Crippen LogP contribution is 2.08. The maximum absolute atomic E-state index is 12.1. The SMILES string of the molecule is Cc1c(C(=O)NC(C(N)=NO)C(C)C)cnn1C. The van der Waals surface area contributed by atoms with Gasteiger partial charge in [-0.3, -0.25) is 9.48 Å². The predicted octanol–water partition coefficient (Wildman–Crippen LogP) is 0.229. The molecule has 0 aliphatic carbocycles. The van der Waals surface area contributed by atoms with Crippen LogP contribution in [-0.2, 0) is 7.05 Å². The van der Waals surface area contributed by atoms with E-state index in [9.17, 15) is 4.79 Å². The Labute approximate surface area is 106 Å². The first-order valence-corrected chi connectivity index (χ1v) is 5.65. The molecule has 0 aliphatic heterocycles. The zero-order valence-corrected chi connectivity index (χ0v) is 11.0. The Balaban J connectivity index is 2.89. The highest BCUT2D eigenvalue weighted by atomic mass is 16.4. The van der Waals surface area contributed by atoms with Crippen molar-refractivity contribution < 1.29 is 10.0 Å². The summed E-state index contributed by atoms with van der Waals surface area (Å²) in [6.07, 6.45) is 1.49. The third-order valence-electron chi connectivity index (χ3n) is 2.87. The van der Waals surface area contributed by atoms with Crippen LogP contribution < -0.4 is 11.1 Å². The van der Waals surface area contributed by atoms with Gasteiger partial charge < -0.3 is 16.3 Å². The summed E-state index contributed by atoms with van der Waals surface area (Å²) >= 11 is 0. The fourth-order valence-corrected chi connectivity index (χ4v) is 1.58. The third-order valence-corrected chi connectivity index (χ3v) is 2.87. The van der Waals surface area contributed by atoms with E-state index in [0.717, 1.165) is 5.69 Å². The Morgan fingerprint density at radius 3 is 2.61 bits per heavy atom. The average molecular weight is 253 g/mol. The van der Waals surface area contributed by atoms with Crippen LogP contribution in [0.15, 0.2) is 11.4 Å². The van der Waals surface area contributed by atoms with Crippen LogP contribution in [0.2, 0.25) is 0 Å². The summed E-state index contributed by atoms with van der Waals surface area (Å²) in [6.45, 7) is 5.55. The van der Waals surface area contributed by atoms with E-state index in [1.807, 2.05) is 13.8 Å². The molecule has 1 rings (SSSR count). The number of hydrogen-bond donors (Lipinski definition) is 3. The number of amides is 1. The fraction of sp³-hybridized carbons (Fsp3) is 0.545. The number of carbonyl (C=O) groups is 1. The van der Waals surface area contributed by atoms with Crippen LogP contribution in [0.3, 0.4) is 0 Å². The Kier molecular flexibility index (Phi) is 4.30. The van der Waals surface area contributed by atoms with Crippen LogP contribution in [0.4, 0.5) is 0 Å². The van der Waals surface area contributed by atoms with E-state index >= 15 is 0 Å². The molecular weight excluding hydrogens is 234 g/mol. The molecule has 1 unspecified atom stereocenters. The summed E-state index contributed by atoms with van der Waals surface area (Å²) in [5, 5.41) is 18.4. The zero-order valence-electron chi connectivity index (χ0n) is 11.0. The molecule has 1 amide bonds. The first kappa shape index (κ1) is 14.0. The minimum atomic E-state index is -0.512. The predicted molar refractivity (Wildman–Crippen MR) is 67.4 cm³/mol. The third kappa shape index (κ3) is 2.79. The first-order chi connectivity index (χ1) is 8.38. The van der Waals surface area contributed by atoms with Crippen molar-refractivity contribution in [3.05, 3.63) is 17.5 Å². The number of aromatic nitrogens is 2. The number of hydrogen-bond acceptors (Lipinski definition) is 4. The highest BCUT2D eigenvalue weighted by Gasteiger charge is 2.23. The lowest BCUT2D eigenvalue weighted by molar-refractivity contribution is 0.0938. The molecule has 0 spiro atoms. The standard InChI is InChI=1S/C11H19N5O2/c1-6(2)9(10(12)15-18)14-11(17)8-5-13-16(4)7(8)3/h5-6,9,18H,1-4H3,(H2,12,15)(H,14,17). The number of amidine groups is 1. The Hall–Kier alpha value is -2.05. The lowest BCUT2D eigenvalue weighted by atomic mass is 10.0. The Bertz CT molecular complexity index is 464. The van der Waals surface area contributed by atoms with Crippen molar-refractivity contribution >= 4 is 11.7 Å². The van der Waals surface area contributed by atoms with Crippen LogP contribution >= 0.6 is 0 Å². The van der Waals surface area contributed by atoms with Crippen LogP contribution in [0.5, 0.6) is 0 Å². The van der Waals surface area contributed by atoms with Gasteiger partial charge in [0.2, 0.25) is 0 Å². The smallest absolute Gasteiger partial charge is 0.255 e. The molecule has 0 saturated heterocycles. The Morgan fingerprint density at radius 1 is 1.61 bits per heavy atom. The quantitative estimate of drug-likeness (QED) is 0.309. The molecule has 0 aromatic carbocycles. The van der Waals surface area contributed by atoms with Crippen LogP contribution in [0.25, 0.3) is 0 Å². The summed E-state index contributed by atoms with van der Waals surface area (Å²) in [6, 6.07) is -0.512. The molecule has 100 valence electrons. The van der Waals surface area contributed by atoms with Crippen molar-refractivity contribution in [1.82, 2.24) is 15.1 Å². The molecule has 18 heavy (non-hydrogen) atoms. The van der Waals surface area contributed by atoms with Crippen LogP contribution in [0, 0.1) is 12.8 Å². The molecule has 0 aliphatic rings. The van der Waals surface area contributed by atoms with Crippen molar-refractivity contribution in [3.8, 4) is 0 Å². The van der Waals surface area contributed by atoms with Gasteiger partial charge in [-0.05, 0) is 12.8 Å². The summed E-state index contributed by atoms with van der Waals surface area (Å²) in [4.78, 5) is 12.1. The van der Waals surface area contributed by atoms with Crippen molar-refractivity contribution in [2.45, 2.75) is 26.8 Å². The molecule has 0 fully saturated rings. The molecule has 0 saturated carbocycles. The molecule has 7 heteroatoms. The van der Waals surface area contributed by atoms with Gasteiger partial charge in [-0.1, -0.05) is 19.0 Å². The minimum absolute atomic E-state index is 0.0140. The average Bonchev–Trinajstić information content (AvgIpc) is 2.65. The molecule has 0 radical (unpaired) electrons. The summed E-state index contributed by atoms with van der Waals surface area (Å²) in [5.74, 6) is -0.285. The van der Waals surface area contributed by atoms with Crippen molar-refractivity contribution in [1.29, 1.82) is 0 Å². The second-order valence-corrected chi connectivity index (χ2v) is 4.49. The second-order valence-electron chi connectivity index (χ2n) is 4.49. The van der Waals surface area contributed by atoms with Gasteiger partial charge in [0.15, 0.2) is 5.84 Å². The number of rotatable bonds is 4. The molecule has 1 aromatic heterocycles. The van der Waals surface area contributed by atoms with Gasteiger partial charge in [0.05, 0.1) is 17.8 Å². The van der Waals surface area contributed by atoms with Crippen molar-refractivity contribution in [3.63, 3.8) is 0 Å². The number of nitrogens with zero attached hydrogens (tertiary/aromatic N) is 3. The molecule has 4 N–H and O–H groups in total. The fourth-order valence-electron chi connectivity index (χ4n) is 1.58. The largest absolute Gasteiger partial charge is 0.409 e. The summed E-state index contributed by atoms with van der Waals surface area (Å²) in [7, 11) is 1.76. The summed E-state index contributed by atoms with van der Waals surface area (Å²) in [5.41, 5.74) is 6.79. The lowest BCUT2D eigenvalue weighted by Gasteiger charge is -2.20. The number of oxime groups is 1. The van der Waals surface area contributed by atoms with Gasteiger partial charge in [0, 0.05) is 12.7 Å². The van der Waals surface area contributed by atoms with Gasteiger partial charge in [-0.2, -0.15) is 5.10 Å². The van der Waals surface area contributed by atoms with Crippen LogP contribution in [0.1, 0.15) is 29.9 Å². The van der Waals surface area contributed by atoms with E-state index in [4.69, 9.17) is 10.9 Å². The van der Waals surface area contributed by atoms with Gasteiger partial charge >= 0.3 is 0 Å². The topological polar surface area (TPSA) is 106 Å². The lowest BCUT2D eigenvalue weighted by Crippen LogP contribution is -2.47. The minimum Gasteiger partial charge on any atom is -0.409 e. The van der Waals surface area contributed by atoms with Crippen LogP contribution in [-0.4, -0.2) is 32.8 Å². The molecule has 1 heterocycles. The number of aryl methyl sites for hydroxylation is 1. The van der Waals surface area contributed by atoms with Gasteiger partial charge in [0.1, 0.15) is 0 Å². The van der Waals surface area contributed by atoms with E-state index in [1.54, 1.807) is 18.7 Å². The molecular formula is C11H19N5O2. The van der Waals surface area contributed by atoms with Crippen molar-refractivity contribution in [2.75, 3.05) is 0 Å². The normalized spacial score (nSPS) is 13.7. The Morgan fingerprint density at radius 2 is 2.22 bits per heavy atom. The highest BCUT2D eigenvalue weighted by molar-refractivity contribution is 5.98. The maximum Gasteiger partial charge on any atom is 0.255 e. The van der Waals surface area contributed by atoms with E-state index in [-0.39, 0.29) is 17.7 Å². The monoisotopic (exact) mass is 253 g/mol. The van der Waals surface area contributed by atoms with Gasteiger partial charge in [-0.25, -0.2) is 0 Å². The van der Waals surface area contributed by atoms with E-state index < -0.39 is 6.04 Å². The molecule has 7 nitrogen and oxygen atoms in total. The van der Waals surface area contributed by atoms with E-state index in [2.05, 4.69) is 15.6 Å². The van der Waals surface area contributed by atoms with E-state index in [0.29, 0.717) is 5.56 Å². The van der Waals surface area contributed by atoms with Gasteiger partial charge in [0.25, 0.3) is 5.91 Å². The molecule has 1 atom stereocenters.